The molecule has 0 aliphatic carbocycles. The first kappa shape index (κ1) is 11.5. The molecule has 2 N–H and O–H groups in total. The number of halogens is 1. The quantitative estimate of drug-likeness (QED) is 0.803. The highest BCUT2D eigenvalue weighted by Gasteiger charge is 1.91. The number of allylic oxidation sites excluding steroid dienone is 1. The summed E-state index contributed by atoms with van der Waals surface area (Å²) >= 11 is 3.39. The van der Waals surface area contributed by atoms with E-state index in [-0.39, 0.29) is 0 Å². The molecule has 0 atom stereocenters. The molecule has 2 heteroatoms. The number of benzene rings is 1. The van der Waals surface area contributed by atoms with Crippen molar-refractivity contribution in [2.24, 2.45) is 5.73 Å². The minimum Gasteiger partial charge on any atom is -0.330 e. The van der Waals surface area contributed by atoms with E-state index < -0.39 is 0 Å². The van der Waals surface area contributed by atoms with Crippen LogP contribution < -0.4 is 5.73 Å². The summed E-state index contributed by atoms with van der Waals surface area (Å²) in [5.41, 5.74) is 8.08. The molecule has 0 saturated heterocycles. The van der Waals surface area contributed by atoms with Crippen LogP contribution in [0.25, 0.3) is 6.08 Å². The summed E-state index contributed by atoms with van der Waals surface area (Å²) in [5, 5.41) is 1.02. The molecule has 1 nitrogen and oxygen atoms in total. The van der Waals surface area contributed by atoms with E-state index in [1.54, 1.807) is 0 Å². The van der Waals surface area contributed by atoms with Crippen molar-refractivity contribution < 1.29 is 0 Å². The maximum atomic E-state index is 5.51. The molecular formula is C12H16BrN. The van der Waals surface area contributed by atoms with Gasteiger partial charge in [-0.15, -0.1) is 0 Å². The molecule has 1 aromatic carbocycles. The molecular weight excluding hydrogens is 238 g/mol. The average Bonchev–Trinajstić information content (AvgIpc) is 2.19. The zero-order chi connectivity index (χ0) is 10.2. The van der Waals surface area contributed by atoms with Crippen LogP contribution in [-0.2, 0) is 6.42 Å². The number of alkyl halides is 1. The highest BCUT2D eigenvalue weighted by Crippen LogP contribution is 2.08. The van der Waals surface area contributed by atoms with Gasteiger partial charge < -0.3 is 5.73 Å². The lowest BCUT2D eigenvalue weighted by molar-refractivity contribution is 0.968. The van der Waals surface area contributed by atoms with Gasteiger partial charge in [0.15, 0.2) is 0 Å². The highest BCUT2D eigenvalue weighted by atomic mass is 79.9. The maximum Gasteiger partial charge on any atom is 0.00660 e. The fourth-order valence-corrected chi connectivity index (χ4v) is 1.57. The van der Waals surface area contributed by atoms with E-state index in [9.17, 15) is 0 Å². The van der Waals surface area contributed by atoms with Gasteiger partial charge >= 0.3 is 0 Å². The molecule has 0 spiro atoms. The second-order valence-corrected chi connectivity index (χ2v) is 3.96. The third-order valence-electron chi connectivity index (χ3n) is 1.97. The normalized spacial score (nSPS) is 11.0. The predicted molar refractivity (Wildman–Crippen MR) is 66.6 cm³/mol. The van der Waals surface area contributed by atoms with Gasteiger partial charge in [0.1, 0.15) is 0 Å². The maximum absolute atomic E-state index is 5.51. The van der Waals surface area contributed by atoms with E-state index in [0.29, 0.717) is 6.54 Å². The lowest BCUT2D eigenvalue weighted by Crippen LogP contribution is -2.02. The van der Waals surface area contributed by atoms with Crippen LogP contribution in [0.3, 0.4) is 0 Å². The molecule has 76 valence electrons. The number of nitrogens with two attached hydrogens (primary N) is 1. The Balaban J connectivity index is 2.63. The van der Waals surface area contributed by atoms with Crippen molar-refractivity contribution in [3.8, 4) is 0 Å². The largest absolute Gasteiger partial charge is 0.330 e. The minimum absolute atomic E-state index is 0.717. The van der Waals surface area contributed by atoms with E-state index in [2.05, 4.69) is 52.3 Å². The van der Waals surface area contributed by atoms with Gasteiger partial charge in [0, 0.05) is 5.33 Å². The Bertz CT molecular complexity index is 294. The first-order valence-corrected chi connectivity index (χ1v) is 6.00. The summed E-state index contributed by atoms with van der Waals surface area (Å²) in [6.07, 6.45) is 6.36. The Kier molecular flexibility index (Phi) is 5.57. The van der Waals surface area contributed by atoms with Crippen LogP contribution in [0, 0.1) is 0 Å². The van der Waals surface area contributed by atoms with Crippen LogP contribution in [0.15, 0.2) is 30.3 Å². The summed E-state index contributed by atoms with van der Waals surface area (Å²) < 4.78 is 0. The second kappa shape index (κ2) is 6.80. The summed E-state index contributed by atoms with van der Waals surface area (Å²) in [6, 6.07) is 8.51. The second-order valence-electron chi connectivity index (χ2n) is 3.16. The summed E-state index contributed by atoms with van der Waals surface area (Å²) in [6.45, 7) is 0.717. The minimum atomic E-state index is 0.717. The average molecular weight is 254 g/mol. The van der Waals surface area contributed by atoms with E-state index in [1.165, 1.54) is 11.1 Å². The molecule has 0 amide bonds. The zero-order valence-electron chi connectivity index (χ0n) is 8.25. The Morgan fingerprint density at radius 2 is 2.21 bits per heavy atom. The SMILES string of the molecule is NCCc1cccc(C=CCCBr)c1. The van der Waals surface area contributed by atoms with Crippen LogP contribution in [0.4, 0.5) is 0 Å². The van der Waals surface area contributed by atoms with Crippen LogP contribution in [-0.4, -0.2) is 11.9 Å². The predicted octanol–water partition coefficient (Wildman–Crippen LogP) is 2.99. The standard InChI is InChI=1S/C12H16BrN/c13-8-2-1-4-11-5-3-6-12(10-11)7-9-14/h1,3-6,10H,2,7-9,14H2. The summed E-state index contributed by atoms with van der Waals surface area (Å²) in [7, 11) is 0. The fourth-order valence-electron chi connectivity index (χ4n) is 1.30. The third kappa shape index (κ3) is 4.07. The number of hydrogen-bond donors (Lipinski definition) is 1. The molecule has 1 rings (SSSR count). The van der Waals surface area contributed by atoms with Gasteiger partial charge in [0.2, 0.25) is 0 Å². The number of rotatable bonds is 5. The topological polar surface area (TPSA) is 26.0 Å². The Morgan fingerprint density at radius 1 is 1.36 bits per heavy atom. The lowest BCUT2D eigenvalue weighted by atomic mass is 10.1. The van der Waals surface area contributed by atoms with Crippen molar-refractivity contribution in [3.63, 3.8) is 0 Å². The smallest absolute Gasteiger partial charge is 0.00660 e. The first-order valence-electron chi connectivity index (χ1n) is 4.88. The Hall–Kier alpha value is -0.600. The molecule has 0 aliphatic heterocycles. The van der Waals surface area contributed by atoms with E-state index in [0.717, 1.165) is 18.2 Å². The van der Waals surface area contributed by atoms with Crippen molar-refractivity contribution in [3.05, 3.63) is 41.5 Å². The number of hydrogen-bond acceptors (Lipinski definition) is 1. The zero-order valence-corrected chi connectivity index (χ0v) is 9.83. The molecule has 0 unspecified atom stereocenters. The Labute approximate surface area is 94.1 Å². The van der Waals surface area contributed by atoms with Crippen molar-refractivity contribution >= 4 is 22.0 Å². The monoisotopic (exact) mass is 253 g/mol. The molecule has 14 heavy (non-hydrogen) atoms. The van der Waals surface area contributed by atoms with Gasteiger partial charge in [-0.2, -0.15) is 0 Å². The third-order valence-corrected chi connectivity index (χ3v) is 2.43. The summed E-state index contributed by atoms with van der Waals surface area (Å²) in [4.78, 5) is 0. The van der Waals surface area contributed by atoms with Crippen LogP contribution >= 0.6 is 15.9 Å². The van der Waals surface area contributed by atoms with Gasteiger partial charge in [-0.1, -0.05) is 52.3 Å². The van der Waals surface area contributed by atoms with Crippen molar-refractivity contribution in [2.45, 2.75) is 12.8 Å². The molecule has 1 aromatic rings. The first-order chi connectivity index (χ1) is 6.86. The van der Waals surface area contributed by atoms with Gasteiger partial charge in [-0.25, -0.2) is 0 Å². The van der Waals surface area contributed by atoms with Crippen LogP contribution in [0.1, 0.15) is 17.5 Å². The van der Waals surface area contributed by atoms with E-state index >= 15 is 0 Å². The highest BCUT2D eigenvalue weighted by molar-refractivity contribution is 9.09. The summed E-state index contributed by atoms with van der Waals surface area (Å²) in [5.74, 6) is 0. The molecule has 0 saturated carbocycles. The van der Waals surface area contributed by atoms with Gasteiger partial charge in [-0.3, -0.25) is 0 Å². The van der Waals surface area contributed by atoms with Gasteiger partial charge in [-0.05, 0) is 30.5 Å². The van der Waals surface area contributed by atoms with Crippen molar-refractivity contribution in [2.75, 3.05) is 11.9 Å². The molecule has 0 aliphatic rings. The fraction of sp³-hybridized carbons (Fsp3) is 0.333. The van der Waals surface area contributed by atoms with Crippen molar-refractivity contribution in [1.29, 1.82) is 0 Å². The van der Waals surface area contributed by atoms with Gasteiger partial charge in [0.05, 0.1) is 0 Å². The molecule has 0 heterocycles. The van der Waals surface area contributed by atoms with Crippen molar-refractivity contribution in [1.82, 2.24) is 0 Å². The molecule has 0 fully saturated rings. The Morgan fingerprint density at radius 3 is 2.93 bits per heavy atom. The molecule has 0 bridgehead atoms. The van der Waals surface area contributed by atoms with Crippen LogP contribution in [0.2, 0.25) is 0 Å². The van der Waals surface area contributed by atoms with E-state index in [1.807, 2.05) is 0 Å². The molecule has 0 aromatic heterocycles. The van der Waals surface area contributed by atoms with Crippen LogP contribution in [0.5, 0.6) is 0 Å². The van der Waals surface area contributed by atoms with E-state index in [4.69, 9.17) is 5.73 Å². The molecule has 0 radical (unpaired) electrons. The van der Waals surface area contributed by atoms with Gasteiger partial charge in [0.25, 0.3) is 0 Å². The lowest BCUT2D eigenvalue weighted by Gasteiger charge is -1.99.